The Hall–Kier alpha value is -6.70. The third-order valence-corrected chi connectivity index (χ3v) is 9.82. The molecule has 0 atom stereocenters. The lowest BCUT2D eigenvalue weighted by Gasteiger charge is -2.29. The molecule has 51 heavy (non-hydrogen) atoms. The van der Waals surface area contributed by atoms with Crippen molar-refractivity contribution < 1.29 is 0 Å². The van der Waals surface area contributed by atoms with Crippen LogP contribution in [0.2, 0.25) is 0 Å². The van der Waals surface area contributed by atoms with E-state index in [1.54, 1.807) is 0 Å². The van der Waals surface area contributed by atoms with Gasteiger partial charge in [-0.2, -0.15) is 0 Å². The fraction of sp³-hybridized carbons (Fsp3) is 0. The first-order chi connectivity index (χ1) is 25.3. The van der Waals surface area contributed by atoms with E-state index < -0.39 is 0 Å². The summed E-state index contributed by atoms with van der Waals surface area (Å²) in [5.41, 5.74) is 12.8. The maximum Gasteiger partial charge on any atom is 0.0546 e. The molecule has 0 heterocycles. The maximum atomic E-state index is 2.44. The van der Waals surface area contributed by atoms with Crippen molar-refractivity contribution in [3.8, 4) is 44.5 Å². The van der Waals surface area contributed by atoms with Crippen molar-refractivity contribution in [2.45, 2.75) is 0 Å². The molecule has 0 saturated heterocycles. The van der Waals surface area contributed by atoms with Gasteiger partial charge in [0.05, 0.1) is 5.69 Å². The molecular weight excluding hydrogens is 615 g/mol. The number of nitrogens with zero attached hydrogens (tertiary/aromatic N) is 1. The van der Waals surface area contributed by atoms with Crippen molar-refractivity contribution in [3.05, 3.63) is 212 Å². The first-order valence-electron chi connectivity index (χ1n) is 17.5. The van der Waals surface area contributed by atoms with Gasteiger partial charge in [-0.25, -0.2) is 0 Å². The van der Waals surface area contributed by atoms with Crippen molar-refractivity contribution in [2.24, 2.45) is 0 Å². The van der Waals surface area contributed by atoms with Crippen LogP contribution in [-0.2, 0) is 0 Å². The highest BCUT2D eigenvalue weighted by Crippen LogP contribution is 2.45. The summed E-state index contributed by atoms with van der Waals surface area (Å²) in [5, 5.41) is 4.96. The summed E-state index contributed by atoms with van der Waals surface area (Å²) in [6.45, 7) is 0. The van der Waals surface area contributed by atoms with Gasteiger partial charge in [-0.3, -0.25) is 0 Å². The summed E-state index contributed by atoms with van der Waals surface area (Å²) < 4.78 is 0. The molecule has 9 aromatic carbocycles. The molecule has 9 aromatic rings. The van der Waals surface area contributed by atoms with Gasteiger partial charge in [0.25, 0.3) is 0 Å². The number of hydrogen-bond acceptors (Lipinski definition) is 1. The molecule has 1 heteroatoms. The van der Waals surface area contributed by atoms with Gasteiger partial charge in [0.15, 0.2) is 0 Å². The Morgan fingerprint density at radius 3 is 1.57 bits per heavy atom. The second-order valence-corrected chi connectivity index (χ2v) is 13.0. The summed E-state index contributed by atoms with van der Waals surface area (Å²) in [6.07, 6.45) is 0. The highest BCUT2D eigenvalue weighted by atomic mass is 15.1. The van der Waals surface area contributed by atoms with E-state index in [9.17, 15) is 0 Å². The molecule has 0 unspecified atom stereocenters. The van der Waals surface area contributed by atoms with Gasteiger partial charge >= 0.3 is 0 Å². The zero-order chi connectivity index (χ0) is 34.0. The minimum atomic E-state index is 1.10. The minimum Gasteiger partial charge on any atom is -0.310 e. The van der Waals surface area contributed by atoms with Crippen LogP contribution in [-0.4, -0.2) is 0 Å². The Kier molecular flexibility index (Phi) is 7.92. The lowest BCUT2D eigenvalue weighted by atomic mass is 9.94. The zero-order valence-electron chi connectivity index (χ0n) is 28.2. The highest BCUT2D eigenvalue weighted by Gasteiger charge is 2.20. The van der Waals surface area contributed by atoms with Gasteiger partial charge < -0.3 is 4.90 Å². The first-order valence-corrected chi connectivity index (χ1v) is 17.5. The fourth-order valence-electron chi connectivity index (χ4n) is 7.30. The minimum absolute atomic E-state index is 1.10. The Balaban J connectivity index is 1.29. The van der Waals surface area contributed by atoms with Gasteiger partial charge in [-0.1, -0.05) is 176 Å². The highest BCUT2D eigenvalue weighted by molar-refractivity contribution is 5.98. The van der Waals surface area contributed by atoms with E-state index in [2.05, 4.69) is 217 Å². The average Bonchev–Trinajstić information content (AvgIpc) is 3.21. The number of rotatable bonds is 7. The molecule has 0 saturated carbocycles. The van der Waals surface area contributed by atoms with E-state index in [1.165, 1.54) is 66.1 Å². The molecule has 9 rings (SSSR count). The van der Waals surface area contributed by atoms with Crippen LogP contribution in [0, 0.1) is 0 Å². The SMILES string of the molecule is c1ccc(-c2cccc(N(c3cccc(-c4cccc5ccccc45)c3)c3cc(-c4ccc5ccccc5c4)ccc3-c3ccccc3)c2)cc1. The molecule has 0 bridgehead atoms. The molecule has 0 aliphatic rings. The molecule has 0 spiro atoms. The standard InChI is InChI=1S/C50H35N/c1-3-14-36(15-4-1)41-22-11-24-45(33-41)51(46-25-12-23-44(34-46)48-27-13-21-38-19-9-10-26-47(38)48)50-35-43(30-31-49(50)39-17-5-2-6-18-39)42-29-28-37-16-7-8-20-40(37)32-42/h1-35H. The number of anilines is 3. The van der Waals surface area contributed by atoms with Crippen LogP contribution in [0.4, 0.5) is 17.1 Å². The average molecular weight is 650 g/mol. The second kappa shape index (κ2) is 13.3. The second-order valence-electron chi connectivity index (χ2n) is 13.0. The summed E-state index contributed by atoms with van der Waals surface area (Å²) >= 11 is 0. The van der Waals surface area contributed by atoms with E-state index in [-0.39, 0.29) is 0 Å². The van der Waals surface area contributed by atoms with Crippen LogP contribution in [0.5, 0.6) is 0 Å². The molecule has 0 radical (unpaired) electrons. The van der Waals surface area contributed by atoms with Gasteiger partial charge in [0, 0.05) is 16.9 Å². The third kappa shape index (κ3) is 5.96. The zero-order valence-corrected chi connectivity index (χ0v) is 28.2. The van der Waals surface area contributed by atoms with E-state index in [0.29, 0.717) is 0 Å². The van der Waals surface area contributed by atoms with Crippen molar-refractivity contribution in [2.75, 3.05) is 4.90 Å². The van der Waals surface area contributed by atoms with Gasteiger partial charge in [0.2, 0.25) is 0 Å². The third-order valence-electron chi connectivity index (χ3n) is 9.82. The molecule has 240 valence electrons. The molecule has 0 aliphatic carbocycles. The Labute approximate surface area is 299 Å². The Morgan fingerprint density at radius 2 is 0.784 bits per heavy atom. The molecule has 0 fully saturated rings. The van der Waals surface area contributed by atoms with Crippen LogP contribution in [0.1, 0.15) is 0 Å². The first kappa shape index (κ1) is 30.4. The van der Waals surface area contributed by atoms with Crippen molar-refractivity contribution in [3.63, 3.8) is 0 Å². The van der Waals surface area contributed by atoms with E-state index in [1.807, 2.05) is 0 Å². The van der Waals surface area contributed by atoms with Crippen molar-refractivity contribution in [1.29, 1.82) is 0 Å². The van der Waals surface area contributed by atoms with Crippen molar-refractivity contribution in [1.82, 2.24) is 0 Å². The van der Waals surface area contributed by atoms with Crippen LogP contribution >= 0.6 is 0 Å². The van der Waals surface area contributed by atoms with Gasteiger partial charge in [-0.05, 0) is 96.9 Å². The van der Waals surface area contributed by atoms with Crippen LogP contribution in [0.3, 0.4) is 0 Å². The largest absolute Gasteiger partial charge is 0.310 e. The lowest BCUT2D eigenvalue weighted by Crippen LogP contribution is -2.12. The predicted octanol–water partition coefficient (Wildman–Crippen LogP) is 14.1. The van der Waals surface area contributed by atoms with Gasteiger partial charge in [-0.15, -0.1) is 0 Å². The quantitative estimate of drug-likeness (QED) is 0.166. The molecule has 1 nitrogen and oxygen atoms in total. The smallest absolute Gasteiger partial charge is 0.0546 e. The Morgan fingerprint density at radius 1 is 0.255 bits per heavy atom. The summed E-state index contributed by atoms with van der Waals surface area (Å²) in [5.74, 6) is 0. The normalized spacial score (nSPS) is 11.1. The van der Waals surface area contributed by atoms with Crippen molar-refractivity contribution >= 4 is 38.6 Å². The molecule has 0 aliphatic heterocycles. The maximum absolute atomic E-state index is 2.44. The summed E-state index contributed by atoms with van der Waals surface area (Å²) in [6, 6.07) is 76.8. The Bertz CT molecular complexity index is 2630. The summed E-state index contributed by atoms with van der Waals surface area (Å²) in [4.78, 5) is 2.44. The van der Waals surface area contributed by atoms with Gasteiger partial charge in [0.1, 0.15) is 0 Å². The molecular formula is C50H35N. The molecule has 0 amide bonds. The monoisotopic (exact) mass is 649 g/mol. The number of hydrogen-bond donors (Lipinski definition) is 0. The topological polar surface area (TPSA) is 3.24 Å². The van der Waals surface area contributed by atoms with Crippen LogP contribution in [0.25, 0.3) is 66.1 Å². The van der Waals surface area contributed by atoms with E-state index in [0.717, 1.165) is 17.1 Å². The lowest BCUT2D eigenvalue weighted by molar-refractivity contribution is 1.28. The fourth-order valence-corrected chi connectivity index (χ4v) is 7.30. The number of benzene rings is 9. The summed E-state index contributed by atoms with van der Waals surface area (Å²) in [7, 11) is 0. The van der Waals surface area contributed by atoms with E-state index >= 15 is 0 Å². The van der Waals surface area contributed by atoms with Crippen LogP contribution < -0.4 is 4.90 Å². The molecule has 0 N–H and O–H groups in total. The predicted molar refractivity (Wildman–Crippen MR) is 218 cm³/mol. The van der Waals surface area contributed by atoms with Crippen LogP contribution in [0.15, 0.2) is 212 Å². The van der Waals surface area contributed by atoms with E-state index in [4.69, 9.17) is 0 Å². The number of fused-ring (bicyclic) bond motifs is 2. The molecule has 0 aromatic heterocycles.